The number of Topliss-reactive ketones (excluding diaryl/α,β-unsaturated/α-hetero) is 2. The van der Waals surface area contributed by atoms with Gasteiger partial charge >= 0.3 is 5.97 Å². The minimum Gasteiger partial charge on any atom is -0.497 e. The summed E-state index contributed by atoms with van der Waals surface area (Å²) in [6.45, 7) is 2.27. The summed E-state index contributed by atoms with van der Waals surface area (Å²) in [4.78, 5) is 41.5. The second-order valence-corrected chi connectivity index (χ2v) is 11.8. The van der Waals surface area contributed by atoms with Crippen molar-refractivity contribution < 1.29 is 29.3 Å². The second kappa shape index (κ2) is 8.36. The molecule has 3 N–H and O–H groups in total. The van der Waals surface area contributed by atoms with Gasteiger partial charge in [0.05, 0.1) is 12.7 Å². The van der Waals surface area contributed by atoms with E-state index < -0.39 is 34.2 Å². The highest BCUT2D eigenvalue weighted by molar-refractivity contribution is 6.09. The third-order valence-electron chi connectivity index (χ3n) is 10.00. The smallest absolute Gasteiger partial charge is 0.331 e. The number of aliphatic carboxylic acids is 1. The maximum atomic E-state index is 13.7. The van der Waals surface area contributed by atoms with E-state index in [0.717, 1.165) is 24.2 Å². The van der Waals surface area contributed by atoms with Crippen molar-refractivity contribution in [3.8, 4) is 5.75 Å². The Balaban J connectivity index is 1.37. The molecule has 8 heteroatoms. The summed E-state index contributed by atoms with van der Waals surface area (Å²) >= 11 is 0. The molecule has 6 rings (SSSR count). The Morgan fingerprint density at radius 2 is 2.06 bits per heavy atom. The van der Waals surface area contributed by atoms with Gasteiger partial charge in [0, 0.05) is 36.8 Å². The summed E-state index contributed by atoms with van der Waals surface area (Å²) in [6, 6.07) is 5.89. The number of hydrogen-bond acceptors (Lipinski definition) is 7. The van der Waals surface area contributed by atoms with E-state index in [9.17, 15) is 24.6 Å². The van der Waals surface area contributed by atoms with Crippen LogP contribution in [0.1, 0.15) is 62.5 Å². The van der Waals surface area contributed by atoms with Crippen LogP contribution in [0.25, 0.3) is 0 Å². The molecule has 194 valence electrons. The number of rotatable bonds is 7. The van der Waals surface area contributed by atoms with Crippen molar-refractivity contribution in [1.82, 2.24) is 10.2 Å². The Labute approximate surface area is 211 Å². The number of ketones is 2. The van der Waals surface area contributed by atoms with Crippen molar-refractivity contribution in [2.24, 2.45) is 11.8 Å². The first-order valence-electron chi connectivity index (χ1n) is 13.4. The summed E-state index contributed by atoms with van der Waals surface area (Å²) in [5.74, 6) is -0.950. The SMILES string of the molecule is COc1ccc2c(c1)[C@]13CCN(CC4CC4)[C@H](C2)[C@]1(O)C[C@H](CC(=O)[C@]1(C(=O)O)CCCN1)C(=O)C3. The van der Waals surface area contributed by atoms with Crippen LogP contribution >= 0.6 is 0 Å². The monoisotopic (exact) mass is 496 g/mol. The standard InChI is InChI=1S/C28H36N2O6/c1-36-20-6-5-18-11-23-28(35)14-19(12-24(32)27(25(33)34)7-2-9-29-27)22(31)15-26(28,21(18)13-20)8-10-30(23)16-17-3-4-17/h5-6,13,17,19,23,29,35H,2-4,7-12,14-16H2,1H3,(H,33,34)/t19-,23+,26+,27-,28+/m0/s1. The number of nitrogens with one attached hydrogen (secondary N) is 1. The lowest BCUT2D eigenvalue weighted by molar-refractivity contribution is -0.183. The largest absolute Gasteiger partial charge is 0.497 e. The Hall–Kier alpha value is -2.29. The number of nitrogens with zero attached hydrogens (tertiary/aromatic N) is 1. The second-order valence-electron chi connectivity index (χ2n) is 11.8. The maximum absolute atomic E-state index is 13.7. The minimum atomic E-state index is -1.61. The molecular formula is C28H36N2O6. The van der Waals surface area contributed by atoms with Crippen molar-refractivity contribution in [2.45, 2.75) is 80.4 Å². The van der Waals surface area contributed by atoms with Crippen molar-refractivity contribution in [1.29, 1.82) is 0 Å². The highest BCUT2D eigenvalue weighted by atomic mass is 16.5. The molecular weight excluding hydrogens is 460 g/mol. The van der Waals surface area contributed by atoms with E-state index in [0.29, 0.717) is 37.5 Å². The van der Waals surface area contributed by atoms with Gasteiger partial charge < -0.3 is 14.9 Å². The average Bonchev–Trinajstić information content (AvgIpc) is 3.52. The van der Waals surface area contributed by atoms with Crippen LogP contribution in [0.5, 0.6) is 5.75 Å². The van der Waals surface area contributed by atoms with E-state index in [4.69, 9.17) is 4.74 Å². The number of carboxylic acid groups (broad SMARTS) is 1. The van der Waals surface area contributed by atoms with Crippen LogP contribution in [-0.4, -0.2) is 76.6 Å². The summed E-state index contributed by atoms with van der Waals surface area (Å²) in [5.41, 5.74) is -1.33. The fraction of sp³-hybridized carbons (Fsp3) is 0.679. The molecule has 0 unspecified atom stereocenters. The lowest BCUT2D eigenvalue weighted by Crippen LogP contribution is -2.74. The van der Waals surface area contributed by atoms with E-state index in [1.54, 1.807) is 7.11 Å². The topological polar surface area (TPSA) is 116 Å². The van der Waals surface area contributed by atoms with Gasteiger partial charge in [0.25, 0.3) is 0 Å². The van der Waals surface area contributed by atoms with Gasteiger partial charge in [0.2, 0.25) is 0 Å². The Morgan fingerprint density at radius 3 is 2.72 bits per heavy atom. The Kier molecular flexibility index (Phi) is 5.59. The molecule has 5 atom stereocenters. The summed E-state index contributed by atoms with van der Waals surface area (Å²) < 4.78 is 5.52. The summed E-state index contributed by atoms with van der Waals surface area (Å²) in [7, 11) is 1.62. The Bertz CT molecular complexity index is 1110. The van der Waals surface area contributed by atoms with Gasteiger partial charge in [-0.15, -0.1) is 0 Å². The number of fused-ring (bicyclic) bond motifs is 1. The first-order valence-corrected chi connectivity index (χ1v) is 13.4. The maximum Gasteiger partial charge on any atom is 0.331 e. The third kappa shape index (κ3) is 3.41. The van der Waals surface area contributed by atoms with Crippen LogP contribution in [0.4, 0.5) is 0 Å². The number of piperidine rings is 1. The normalized spacial score (nSPS) is 37.8. The first kappa shape index (κ1) is 24.1. The molecule has 2 saturated carbocycles. The number of methoxy groups -OCH3 is 1. The molecule has 36 heavy (non-hydrogen) atoms. The van der Waals surface area contributed by atoms with Crippen LogP contribution in [0.3, 0.4) is 0 Å². The number of benzene rings is 1. The van der Waals surface area contributed by atoms with Gasteiger partial charge in [0.15, 0.2) is 11.3 Å². The quantitative estimate of drug-likeness (QED) is 0.490. The average molecular weight is 497 g/mol. The number of aliphatic hydroxyl groups is 1. The fourth-order valence-corrected chi connectivity index (χ4v) is 7.83. The van der Waals surface area contributed by atoms with Gasteiger partial charge in [-0.2, -0.15) is 0 Å². The van der Waals surface area contributed by atoms with Crippen molar-refractivity contribution in [3.05, 3.63) is 29.3 Å². The summed E-state index contributed by atoms with van der Waals surface area (Å²) in [6.07, 6.45) is 4.89. The molecule has 5 aliphatic rings. The van der Waals surface area contributed by atoms with Crippen LogP contribution < -0.4 is 10.1 Å². The van der Waals surface area contributed by atoms with Gasteiger partial charge in [0.1, 0.15) is 11.5 Å². The van der Waals surface area contributed by atoms with Gasteiger partial charge in [-0.1, -0.05) is 6.07 Å². The van der Waals surface area contributed by atoms with E-state index in [1.807, 2.05) is 12.1 Å². The molecule has 8 nitrogen and oxygen atoms in total. The molecule has 2 aliphatic heterocycles. The van der Waals surface area contributed by atoms with Crippen LogP contribution in [0.2, 0.25) is 0 Å². The summed E-state index contributed by atoms with van der Waals surface area (Å²) in [5, 5.41) is 25.4. The highest BCUT2D eigenvalue weighted by Gasteiger charge is 2.67. The van der Waals surface area contributed by atoms with E-state index >= 15 is 0 Å². The van der Waals surface area contributed by atoms with Crippen LogP contribution in [0, 0.1) is 11.8 Å². The van der Waals surface area contributed by atoms with Gasteiger partial charge in [-0.3, -0.25) is 19.8 Å². The molecule has 1 aromatic carbocycles. The fourth-order valence-electron chi connectivity index (χ4n) is 7.83. The molecule has 2 saturated heterocycles. The predicted molar refractivity (Wildman–Crippen MR) is 131 cm³/mol. The Morgan fingerprint density at radius 1 is 1.25 bits per heavy atom. The van der Waals surface area contributed by atoms with Gasteiger partial charge in [-0.05, 0) is 87.2 Å². The zero-order valence-electron chi connectivity index (χ0n) is 20.9. The van der Waals surface area contributed by atoms with E-state index in [2.05, 4.69) is 16.3 Å². The molecule has 0 amide bonds. The lowest BCUT2D eigenvalue weighted by atomic mass is 9.47. The number of likely N-dealkylation sites (tertiary alicyclic amines) is 1. The highest BCUT2D eigenvalue weighted by Crippen LogP contribution is 2.59. The molecule has 1 aromatic rings. The third-order valence-corrected chi connectivity index (χ3v) is 10.00. The van der Waals surface area contributed by atoms with E-state index in [1.165, 1.54) is 12.8 Å². The van der Waals surface area contributed by atoms with Crippen molar-refractivity contribution in [3.63, 3.8) is 0 Å². The van der Waals surface area contributed by atoms with Crippen molar-refractivity contribution in [2.75, 3.05) is 26.7 Å². The molecule has 2 bridgehead atoms. The molecule has 3 aliphatic carbocycles. The first-order chi connectivity index (χ1) is 17.2. The zero-order valence-corrected chi connectivity index (χ0v) is 20.9. The number of carbonyl (C=O) groups excluding carboxylic acids is 2. The van der Waals surface area contributed by atoms with Crippen LogP contribution in [0.15, 0.2) is 18.2 Å². The molecule has 0 radical (unpaired) electrons. The number of ether oxygens (including phenoxy) is 1. The van der Waals surface area contributed by atoms with Gasteiger partial charge in [-0.25, -0.2) is 4.79 Å². The minimum absolute atomic E-state index is 0.0448. The molecule has 4 fully saturated rings. The number of hydrogen-bond donors (Lipinski definition) is 3. The van der Waals surface area contributed by atoms with Crippen molar-refractivity contribution >= 4 is 17.5 Å². The zero-order chi connectivity index (χ0) is 25.3. The molecule has 0 spiro atoms. The number of carboxylic acids is 1. The molecule has 2 heterocycles. The molecule has 0 aromatic heterocycles. The van der Waals surface area contributed by atoms with Crippen LogP contribution in [-0.2, 0) is 26.2 Å². The lowest BCUT2D eigenvalue weighted by Gasteiger charge is -2.64. The van der Waals surface area contributed by atoms with E-state index in [-0.39, 0.29) is 37.5 Å². The number of carbonyl (C=O) groups is 3. The predicted octanol–water partition coefficient (Wildman–Crippen LogP) is 1.85.